The number of aryl methyl sites for hydroxylation is 1. The van der Waals surface area contributed by atoms with Crippen molar-refractivity contribution in [1.29, 1.82) is 5.26 Å². The van der Waals surface area contributed by atoms with E-state index >= 15 is 0 Å². The number of benzene rings is 1. The summed E-state index contributed by atoms with van der Waals surface area (Å²) >= 11 is 6.03. The van der Waals surface area contributed by atoms with E-state index in [1.807, 2.05) is 6.92 Å². The Morgan fingerprint density at radius 3 is 2.64 bits per heavy atom. The summed E-state index contributed by atoms with van der Waals surface area (Å²) in [7, 11) is 0. The van der Waals surface area contributed by atoms with Gasteiger partial charge in [-0.3, -0.25) is 0 Å². The second-order valence-corrected chi connectivity index (χ2v) is 7.77. The molecule has 0 amide bonds. The van der Waals surface area contributed by atoms with Gasteiger partial charge in [-0.05, 0) is 30.4 Å². The van der Waals surface area contributed by atoms with Crippen LogP contribution in [0.25, 0.3) is 11.1 Å². The summed E-state index contributed by atoms with van der Waals surface area (Å²) in [5.41, 5.74) is 8.94. The van der Waals surface area contributed by atoms with Gasteiger partial charge in [-0.1, -0.05) is 49.5 Å². The molecule has 0 bridgehead atoms. The molecule has 1 aliphatic heterocycles. The third-order valence-electron chi connectivity index (χ3n) is 5.26. The summed E-state index contributed by atoms with van der Waals surface area (Å²) < 4.78 is 5.36. The molecule has 4 unspecified atom stereocenters. The average molecular weight is 475 g/mol. The van der Waals surface area contributed by atoms with Crippen LogP contribution in [0.5, 0.6) is 0 Å². The Kier molecular flexibility index (Phi) is 8.89. The van der Waals surface area contributed by atoms with E-state index in [2.05, 4.69) is 28.5 Å². The van der Waals surface area contributed by atoms with Crippen LogP contribution < -0.4 is 0 Å². The molecule has 1 aromatic heterocycles. The van der Waals surface area contributed by atoms with Gasteiger partial charge in [0.05, 0.1) is 12.0 Å². The summed E-state index contributed by atoms with van der Waals surface area (Å²) in [6.07, 6.45) is 4.20. The summed E-state index contributed by atoms with van der Waals surface area (Å²) in [6.45, 7) is 4.97. The van der Waals surface area contributed by atoms with Gasteiger partial charge in [-0.25, -0.2) is 0 Å². The number of aromatic nitrogens is 2. The third kappa shape index (κ3) is 5.76. The van der Waals surface area contributed by atoms with Crippen molar-refractivity contribution in [2.24, 2.45) is 11.8 Å². The maximum atomic E-state index is 8.84. The largest absolute Gasteiger partial charge is 0.699 e. The van der Waals surface area contributed by atoms with Gasteiger partial charge in [0.2, 0.25) is 5.89 Å². The summed E-state index contributed by atoms with van der Waals surface area (Å²) in [5.74, 6) is 2.37. The Balaban J connectivity index is 0.000000194. The first-order chi connectivity index (χ1) is 13.0. The minimum Gasteiger partial charge on any atom is -0.699 e. The monoisotopic (exact) mass is 474 g/mol. The first-order valence-corrected chi connectivity index (χ1v) is 9.73. The zero-order chi connectivity index (χ0) is 19.4. The summed E-state index contributed by atoms with van der Waals surface area (Å²) in [5, 5.41) is 21.8. The molecular formula is C20H24ClN5OY-2. The molecule has 2 heterocycles. The zero-order valence-corrected chi connectivity index (χ0v) is 19.8. The smallest absolute Gasteiger partial charge is 0.213 e. The van der Waals surface area contributed by atoms with Crippen LogP contribution in [-0.2, 0) is 32.7 Å². The van der Waals surface area contributed by atoms with E-state index < -0.39 is 0 Å². The van der Waals surface area contributed by atoms with Crippen LogP contribution in [0.4, 0.5) is 5.69 Å². The standard InChI is InChI=1S/C11H10ClN2.C9H14N3O.Y/c12-11-4-2-8(14)5-10(11)9-3-1-7(9)6-13;1-6-3-4-10-8(5-6)9-12-11-7(2)13-9;/h2,4-5,7,9,14H,1,3H2;6,8H,3-5H2,1-2H3;/q2*-1;. The summed E-state index contributed by atoms with van der Waals surface area (Å²) in [4.78, 5) is 0. The van der Waals surface area contributed by atoms with Crippen molar-refractivity contribution < 1.29 is 37.1 Å². The molecule has 28 heavy (non-hydrogen) atoms. The zero-order valence-electron chi connectivity index (χ0n) is 16.2. The fourth-order valence-corrected chi connectivity index (χ4v) is 3.76. The van der Waals surface area contributed by atoms with E-state index in [0.29, 0.717) is 22.5 Å². The second-order valence-electron chi connectivity index (χ2n) is 7.37. The van der Waals surface area contributed by atoms with E-state index in [-0.39, 0.29) is 50.6 Å². The minimum atomic E-state index is 0. The van der Waals surface area contributed by atoms with E-state index in [4.69, 9.17) is 27.0 Å². The van der Waals surface area contributed by atoms with E-state index in [0.717, 1.165) is 37.3 Å². The van der Waals surface area contributed by atoms with Gasteiger partial charge < -0.3 is 15.5 Å². The van der Waals surface area contributed by atoms with Crippen LogP contribution in [0.2, 0.25) is 5.02 Å². The van der Waals surface area contributed by atoms with E-state index in [9.17, 15) is 0 Å². The van der Waals surface area contributed by atoms with Crippen molar-refractivity contribution in [3.05, 3.63) is 51.6 Å². The number of nitrogens with zero attached hydrogens (tertiary/aromatic N) is 4. The maximum absolute atomic E-state index is 8.84. The normalized spacial score (nSPS) is 26.1. The quantitative estimate of drug-likeness (QED) is 0.512. The topological polar surface area (TPSA) is 101 Å². The average Bonchev–Trinajstić information content (AvgIpc) is 3.05. The molecular weight excluding hydrogens is 451 g/mol. The molecule has 1 aromatic carbocycles. The molecule has 2 fully saturated rings. The molecule has 2 aromatic rings. The first kappa shape index (κ1) is 23.3. The van der Waals surface area contributed by atoms with Crippen molar-refractivity contribution in [2.45, 2.75) is 51.5 Å². The van der Waals surface area contributed by atoms with Gasteiger partial charge in [-0.2, -0.15) is 5.26 Å². The van der Waals surface area contributed by atoms with Crippen LogP contribution >= 0.6 is 11.6 Å². The van der Waals surface area contributed by atoms with Crippen LogP contribution in [0.1, 0.15) is 61.9 Å². The number of nitrogens with one attached hydrogen (secondary N) is 1. The van der Waals surface area contributed by atoms with Crippen molar-refractivity contribution in [3.8, 4) is 6.07 Å². The van der Waals surface area contributed by atoms with Gasteiger partial charge in [-0.15, -0.1) is 22.4 Å². The molecule has 8 heteroatoms. The predicted octanol–water partition coefficient (Wildman–Crippen LogP) is 6.26. The molecule has 1 N–H and O–H groups in total. The van der Waals surface area contributed by atoms with Crippen molar-refractivity contribution in [1.82, 2.24) is 10.2 Å². The Labute approximate surface area is 196 Å². The molecule has 1 aliphatic carbocycles. The molecule has 6 nitrogen and oxygen atoms in total. The molecule has 147 valence electrons. The van der Waals surface area contributed by atoms with E-state index in [1.165, 1.54) is 6.42 Å². The van der Waals surface area contributed by atoms with Crippen molar-refractivity contribution >= 4 is 17.3 Å². The Hall–Kier alpha value is -0.996. The van der Waals surface area contributed by atoms with Gasteiger partial charge in [0.15, 0.2) is 5.89 Å². The van der Waals surface area contributed by atoms with Gasteiger partial charge >= 0.3 is 0 Å². The molecule has 4 rings (SSSR count). The van der Waals surface area contributed by atoms with Gasteiger partial charge in [0.1, 0.15) is 0 Å². The minimum absolute atomic E-state index is 0. The molecule has 2 aliphatic rings. The summed E-state index contributed by atoms with van der Waals surface area (Å²) in [6, 6.07) is 7.61. The number of nitriles is 1. The molecule has 1 saturated heterocycles. The van der Waals surface area contributed by atoms with Crippen molar-refractivity contribution in [3.63, 3.8) is 0 Å². The number of rotatable bonds is 2. The maximum Gasteiger partial charge on any atom is 0.213 e. The first-order valence-electron chi connectivity index (χ1n) is 9.35. The SMILES string of the molecule is Cc1nnc(C2CC(C)CC[N-]2)o1.N#CC1CCC1c1cc([NH-])ccc1Cl.[Y]. The fourth-order valence-electron chi connectivity index (χ4n) is 3.50. The van der Waals surface area contributed by atoms with Gasteiger partial charge in [0, 0.05) is 50.6 Å². The molecule has 0 spiro atoms. The Morgan fingerprint density at radius 2 is 2.07 bits per heavy atom. The number of piperidine rings is 1. The van der Waals surface area contributed by atoms with Crippen LogP contribution in [0.15, 0.2) is 22.6 Å². The van der Waals surface area contributed by atoms with Gasteiger partial charge in [0.25, 0.3) is 0 Å². The fraction of sp³-hybridized carbons (Fsp3) is 0.550. The predicted molar refractivity (Wildman–Crippen MR) is 105 cm³/mol. The molecule has 4 atom stereocenters. The van der Waals surface area contributed by atoms with Crippen molar-refractivity contribution in [2.75, 3.05) is 6.54 Å². The molecule has 1 saturated carbocycles. The Bertz CT molecular complexity index is 821. The number of halogens is 1. The number of hydrogen-bond donors (Lipinski definition) is 0. The van der Waals surface area contributed by atoms with Crippen LogP contribution in [0.3, 0.4) is 0 Å². The third-order valence-corrected chi connectivity index (χ3v) is 5.60. The van der Waals surface area contributed by atoms with Crippen LogP contribution in [-0.4, -0.2) is 16.7 Å². The molecule has 1 radical (unpaired) electrons. The van der Waals surface area contributed by atoms with Crippen LogP contribution in [0, 0.1) is 30.1 Å². The van der Waals surface area contributed by atoms with E-state index in [1.54, 1.807) is 18.2 Å². The second kappa shape index (κ2) is 10.7. The number of hydrogen-bond acceptors (Lipinski definition) is 4. The Morgan fingerprint density at radius 1 is 1.29 bits per heavy atom.